The van der Waals surface area contributed by atoms with E-state index in [9.17, 15) is 0 Å². The van der Waals surface area contributed by atoms with Gasteiger partial charge in [-0.1, -0.05) is 0 Å². The Balaban J connectivity index is 2.36. The SMILES string of the molecule is CNC(c1cn[nH]n1)c1cscc1Br. The summed E-state index contributed by atoms with van der Waals surface area (Å²) in [7, 11) is 1.91. The highest BCUT2D eigenvalue weighted by Gasteiger charge is 2.17. The second-order valence-corrected chi connectivity index (χ2v) is 4.39. The van der Waals surface area contributed by atoms with Crippen molar-refractivity contribution in [3.8, 4) is 0 Å². The summed E-state index contributed by atoms with van der Waals surface area (Å²) in [5.41, 5.74) is 2.08. The van der Waals surface area contributed by atoms with E-state index in [4.69, 9.17) is 0 Å². The Morgan fingerprint density at radius 3 is 2.93 bits per heavy atom. The van der Waals surface area contributed by atoms with Gasteiger partial charge in [-0.15, -0.1) is 0 Å². The lowest BCUT2D eigenvalue weighted by Gasteiger charge is -2.11. The first-order valence-corrected chi connectivity index (χ1v) is 5.81. The number of aromatic nitrogens is 3. The molecule has 6 heteroatoms. The minimum Gasteiger partial charge on any atom is -0.308 e. The Labute approximate surface area is 93.9 Å². The van der Waals surface area contributed by atoms with Crippen molar-refractivity contribution in [1.29, 1.82) is 0 Å². The molecule has 2 aromatic heterocycles. The first kappa shape index (κ1) is 9.82. The number of halogens is 1. The van der Waals surface area contributed by atoms with Crippen molar-refractivity contribution in [1.82, 2.24) is 20.7 Å². The molecule has 1 atom stereocenters. The van der Waals surface area contributed by atoms with Gasteiger partial charge in [0, 0.05) is 15.4 Å². The zero-order valence-electron chi connectivity index (χ0n) is 7.49. The monoisotopic (exact) mass is 272 g/mol. The number of aromatic amines is 1. The third-order valence-corrected chi connectivity index (χ3v) is 3.72. The molecule has 1 unspecified atom stereocenters. The normalized spacial score (nSPS) is 13.0. The average Bonchev–Trinajstić information content (AvgIpc) is 2.80. The quantitative estimate of drug-likeness (QED) is 0.898. The third-order valence-electron chi connectivity index (χ3n) is 1.97. The van der Waals surface area contributed by atoms with E-state index in [1.807, 2.05) is 7.05 Å². The minimum absolute atomic E-state index is 0.0920. The standard InChI is InChI=1S/C8H9BrN4S/c1-10-8(7-2-11-13-12-7)5-3-14-4-6(5)9/h2-4,8,10H,1H3,(H,11,12,13). The molecule has 2 heterocycles. The van der Waals surface area contributed by atoms with Crippen molar-refractivity contribution < 1.29 is 0 Å². The molecule has 2 aromatic rings. The molecule has 0 aliphatic rings. The minimum atomic E-state index is 0.0920. The third kappa shape index (κ3) is 1.73. The summed E-state index contributed by atoms with van der Waals surface area (Å²) >= 11 is 5.17. The Morgan fingerprint density at radius 2 is 2.43 bits per heavy atom. The number of nitrogens with one attached hydrogen (secondary N) is 2. The average molecular weight is 273 g/mol. The van der Waals surface area contributed by atoms with Crippen LogP contribution in [0, 0.1) is 0 Å². The van der Waals surface area contributed by atoms with Crippen molar-refractivity contribution in [3.63, 3.8) is 0 Å². The molecule has 0 spiro atoms. The molecule has 0 amide bonds. The lowest BCUT2D eigenvalue weighted by atomic mass is 10.1. The molecule has 14 heavy (non-hydrogen) atoms. The second-order valence-electron chi connectivity index (χ2n) is 2.79. The molecular formula is C8H9BrN4S. The molecule has 2 N–H and O–H groups in total. The van der Waals surface area contributed by atoms with Gasteiger partial charge in [0.25, 0.3) is 0 Å². The molecule has 0 saturated heterocycles. The van der Waals surface area contributed by atoms with E-state index in [2.05, 4.69) is 47.4 Å². The highest BCUT2D eigenvalue weighted by atomic mass is 79.9. The molecule has 0 aliphatic heterocycles. The van der Waals surface area contributed by atoms with E-state index in [0.29, 0.717) is 0 Å². The number of rotatable bonds is 3. The lowest BCUT2D eigenvalue weighted by molar-refractivity contribution is 0.667. The first-order chi connectivity index (χ1) is 6.83. The van der Waals surface area contributed by atoms with Crippen LogP contribution in [0.15, 0.2) is 21.4 Å². The van der Waals surface area contributed by atoms with Crippen molar-refractivity contribution in [2.75, 3.05) is 7.05 Å². The molecule has 0 bridgehead atoms. The van der Waals surface area contributed by atoms with Gasteiger partial charge >= 0.3 is 0 Å². The molecule has 2 rings (SSSR count). The molecule has 4 nitrogen and oxygen atoms in total. The summed E-state index contributed by atoms with van der Waals surface area (Å²) in [6.45, 7) is 0. The summed E-state index contributed by atoms with van der Waals surface area (Å²) in [6.07, 6.45) is 1.73. The summed E-state index contributed by atoms with van der Waals surface area (Å²) in [5.74, 6) is 0. The van der Waals surface area contributed by atoms with Gasteiger partial charge in [0.2, 0.25) is 0 Å². The van der Waals surface area contributed by atoms with E-state index in [1.165, 1.54) is 5.56 Å². The number of nitrogens with zero attached hydrogens (tertiary/aromatic N) is 2. The smallest absolute Gasteiger partial charge is 0.104 e. The van der Waals surface area contributed by atoms with Crippen LogP contribution in [-0.4, -0.2) is 22.5 Å². The van der Waals surface area contributed by atoms with Crippen LogP contribution in [0.3, 0.4) is 0 Å². The lowest BCUT2D eigenvalue weighted by Crippen LogP contribution is -2.17. The summed E-state index contributed by atoms with van der Waals surface area (Å²) in [6, 6.07) is 0.0920. The maximum atomic E-state index is 4.07. The molecule has 0 radical (unpaired) electrons. The Morgan fingerprint density at radius 1 is 1.57 bits per heavy atom. The molecule has 0 saturated carbocycles. The Bertz CT molecular complexity index is 397. The van der Waals surface area contributed by atoms with E-state index < -0.39 is 0 Å². The van der Waals surface area contributed by atoms with Crippen molar-refractivity contribution >= 4 is 27.3 Å². The Hall–Kier alpha value is -0.720. The predicted octanol–water partition coefficient (Wildman–Crippen LogP) is 1.94. The van der Waals surface area contributed by atoms with Gasteiger partial charge in [0.05, 0.1) is 12.2 Å². The van der Waals surface area contributed by atoms with E-state index >= 15 is 0 Å². The zero-order chi connectivity index (χ0) is 9.97. The van der Waals surface area contributed by atoms with Crippen LogP contribution >= 0.6 is 27.3 Å². The summed E-state index contributed by atoms with van der Waals surface area (Å²) in [5, 5.41) is 17.8. The van der Waals surface area contributed by atoms with Gasteiger partial charge in [0.15, 0.2) is 0 Å². The van der Waals surface area contributed by atoms with Crippen LogP contribution in [0.5, 0.6) is 0 Å². The maximum Gasteiger partial charge on any atom is 0.104 e. The molecule has 0 aromatic carbocycles. The predicted molar refractivity (Wildman–Crippen MR) is 59.3 cm³/mol. The number of thiophene rings is 1. The highest BCUT2D eigenvalue weighted by molar-refractivity contribution is 9.10. The molecular weight excluding hydrogens is 264 g/mol. The number of H-pyrrole nitrogens is 1. The van der Waals surface area contributed by atoms with Crippen LogP contribution in [0.4, 0.5) is 0 Å². The van der Waals surface area contributed by atoms with Crippen LogP contribution < -0.4 is 5.32 Å². The Kier molecular flexibility index (Phi) is 2.95. The van der Waals surface area contributed by atoms with Gasteiger partial charge in [-0.2, -0.15) is 26.7 Å². The largest absolute Gasteiger partial charge is 0.308 e. The second kappa shape index (κ2) is 4.20. The van der Waals surface area contributed by atoms with Gasteiger partial charge in [-0.25, -0.2) is 0 Å². The van der Waals surface area contributed by atoms with Crippen LogP contribution in [0.1, 0.15) is 17.3 Å². The van der Waals surface area contributed by atoms with E-state index in [1.54, 1.807) is 17.5 Å². The van der Waals surface area contributed by atoms with Crippen LogP contribution in [0.2, 0.25) is 0 Å². The van der Waals surface area contributed by atoms with Gasteiger partial charge in [-0.05, 0) is 28.4 Å². The van der Waals surface area contributed by atoms with Crippen molar-refractivity contribution in [2.45, 2.75) is 6.04 Å². The molecule has 0 fully saturated rings. The van der Waals surface area contributed by atoms with Crippen molar-refractivity contribution in [2.24, 2.45) is 0 Å². The van der Waals surface area contributed by atoms with Crippen LogP contribution in [-0.2, 0) is 0 Å². The van der Waals surface area contributed by atoms with Crippen LogP contribution in [0.25, 0.3) is 0 Å². The first-order valence-electron chi connectivity index (χ1n) is 4.07. The number of hydrogen-bond donors (Lipinski definition) is 2. The fraction of sp³-hybridized carbons (Fsp3) is 0.250. The molecule has 0 aliphatic carbocycles. The van der Waals surface area contributed by atoms with E-state index in [0.717, 1.165) is 10.2 Å². The van der Waals surface area contributed by atoms with E-state index in [-0.39, 0.29) is 6.04 Å². The fourth-order valence-corrected chi connectivity index (χ4v) is 2.86. The zero-order valence-corrected chi connectivity index (χ0v) is 9.89. The van der Waals surface area contributed by atoms with Gasteiger partial charge in [0.1, 0.15) is 5.69 Å². The van der Waals surface area contributed by atoms with Gasteiger partial charge < -0.3 is 5.32 Å². The fourth-order valence-electron chi connectivity index (χ4n) is 1.31. The highest BCUT2D eigenvalue weighted by Crippen LogP contribution is 2.29. The topological polar surface area (TPSA) is 53.6 Å². The van der Waals surface area contributed by atoms with Crippen molar-refractivity contribution in [3.05, 3.63) is 32.7 Å². The van der Waals surface area contributed by atoms with Gasteiger partial charge in [-0.3, -0.25) is 0 Å². The number of hydrogen-bond acceptors (Lipinski definition) is 4. The maximum absolute atomic E-state index is 4.07. The summed E-state index contributed by atoms with van der Waals surface area (Å²) < 4.78 is 1.10. The molecule has 74 valence electrons. The summed E-state index contributed by atoms with van der Waals surface area (Å²) in [4.78, 5) is 0.